The van der Waals surface area contributed by atoms with Gasteiger partial charge < -0.3 is 4.74 Å². The van der Waals surface area contributed by atoms with Gasteiger partial charge in [0.05, 0.1) is 6.61 Å². The quantitative estimate of drug-likeness (QED) is 0.127. The normalized spacial score (nSPS) is 10.8. The smallest absolute Gasteiger partial charge is 0.333 e. The van der Waals surface area contributed by atoms with Crippen molar-refractivity contribution >= 4 is 5.97 Å². The second-order valence-electron chi connectivity index (χ2n) is 8.25. The number of rotatable bonds is 19. The van der Waals surface area contributed by atoms with Crippen LogP contribution in [0, 0.1) is 0 Å². The Morgan fingerprint density at radius 3 is 1.30 bits per heavy atom. The number of allylic oxidation sites excluding steroid dienone is 1. The Bertz CT molecular complexity index is 367. The molecule has 0 aliphatic heterocycles. The van der Waals surface area contributed by atoms with Crippen molar-refractivity contribution in [3.05, 3.63) is 11.1 Å². The van der Waals surface area contributed by atoms with Crippen molar-refractivity contribution in [1.82, 2.24) is 0 Å². The first kappa shape index (κ1) is 26.2. The first-order valence-electron chi connectivity index (χ1n) is 12.0. The Balaban J connectivity index is 3.38. The van der Waals surface area contributed by atoms with Crippen LogP contribution in [0.1, 0.15) is 137 Å². The van der Waals surface area contributed by atoms with Crippen LogP contribution in [0.2, 0.25) is 0 Å². The van der Waals surface area contributed by atoms with Gasteiger partial charge in [0, 0.05) is 5.57 Å². The Morgan fingerprint density at radius 1 is 0.593 bits per heavy atom. The molecule has 27 heavy (non-hydrogen) atoms. The van der Waals surface area contributed by atoms with Gasteiger partial charge >= 0.3 is 5.97 Å². The molecule has 0 bridgehead atoms. The lowest BCUT2D eigenvalue weighted by atomic mass is 10.0. The van der Waals surface area contributed by atoms with Gasteiger partial charge in [-0.15, -0.1) is 0 Å². The highest BCUT2D eigenvalue weighted by Crippen LogP contribution is 2.17. The molecule has 0 aliphatic carbocycles. The number of ether oxygens (including phenoxy) is 1. The molecule has 0 aromatic carbocycles. The second kappa shape index (κ2) is 20.0. The Labute approximate surface area is 170 Å². The van der Waals surface area contributed by atoms with Gasteiger partial charge in [0.2, 0.25) is 0 Å². The minimum absolute atomic E-state index is 0.113. The Hall–Kier alpha value is -0.790. The molecule has 0 heterocycles. The third-order valence-electron chi connectivity index (χ3n) is 5.41. The summed E-state index contributed by atoms with van der Waals surface area (Å²) in [5.74, 6) is -0.113. The molecular formula is C25H48O2. The number of carbonyl (C=O) groups excluding carboxylic acids is 1. The van der Waals surface area contributed by atoms with E-state index in [1.165, 1.54) is 96.3 Å². The van der Waals surface area contributed by atoms with Crippen molar-refractivity contribution in [1.29, 1.82) is 0 Å². The van der Waals surface area contributed by atoms with Gasteiger partial charge in [-0.05, 0) is 33.6 Å². The van der Waals surface area contributed by atoms with Gasteiger partial charge in [-0.3, -0.25) is 0 Å². The van der Waals surface area contributed by atoms with Crippen LogP contribution in [0.15, 0.2) is 11.1 Å². The molecule has 0 spiro atoms. The van der Waals surface area contributed by atoms with Crippen LogP contribution in [-0.4, -0.2) is 12.6 Å². The van der Waals surface area contributed by atoms with E-state index < -0.39 is 0 Å². The number of hydrogen-bond acceptors (Lipinski definition) is 2. The fraction of sp³-hybridized carbons (Fsp3) is 0.880. The molecule has 0 aromatic heterocycles. The number of unbranched alkanes of at least 4 members (excludes halogenated alkanes) is 15. The van der Waals surface area contributed by atoms with E-state index >= 15 is 0 Å². The van der Waals surface area contributed by atoms with E-state index in [0.29, 0.717) is 6.61 Å². The van der Waals surface area contributed by atoms with Crippen molar-refractivity contribution in [2.75, 3.05) is 6.61 Å². The lowest BCUT2D eigenvalue weighted by Crippen LogP contribution is -2.09. The highest BCUT2D eigenvalue weighted by molar-refractivity contribution is 5.89. The van der Waals surface area contributed by atoms with Crippen LogP contribution in [0.4, 0.5) is 0 Å². The molecule has 0 aromatic rings. The highest BCUT2D eigenvalue weighted by Gasteiger charge is 2.11. The van der Waals surface area contributed by atoms with E-state index in [-0.39, 0.29) is 5.97 Å². The molecule has 160 valence electrons. The molecule has 0 amide bonds. The van der Waals surface area contributed by atoms with Crippen molar-refractivity contribution in [3.8, 4) is 0 Å². The Kier molecular flexibility index (Phi) is 19.4. The minimum Gasteiger partial charge on any atom is -0.463 e. The van der Waals surface area contributed by atoms with E-state index in [1.54, 1.807) is 0 Å². The van der Waals surface area contributed by atoms with Gasteiger partial charge in [0.15, 0.2) is 0 Å². The standard InChI is InChI=1S/C25H48O2/c1-5-7-8-9-10-11-12-13-14-15-16-17-18-19-20-21-22-24(23(3)4)25(26)27-6-2/h5-22H2,1-4H3. The molecule has 0 saturated heterocycles. The van der Waals surface area contributed by atoms with Crippen LogP contribution in [-0.2, 0) is 9.53 Å². The lowest BCUT2D eigenvalue weighted by Gasteiger charge is -2.09. The van der Waals surface area contributed by atoms with E-state index in [1.807, 2.05) is 20.8 Å². The summed E-state index contributed by atoms with van der Waals surface area (Å²) in [7, 11) is 0. The zero-order chi connectivity index (χ0) is 20.2. The van der Waals surface area contributed by atoms with Crippen molar-refractivity contribution in [2.24, 2.45) is 0 Å². The average molecular weight is 381 g/mol. The molecule has 2 heteroatoms. The van der Waals surface area contributed by atoms with Crippen LogP contribution < -0.4 is 0 Å². The molecule has 0 unspecified atom stereocenters. The summed E-state index contributed by atoms with van der Waals surface area (Å²) >= 11 is 0. The van der Waals surface area contributed by atoms with E-state index in [4.69, 9.17) is 4.74 Å². The SMILES string of the molecule is CCCCCCCCCCCCCCCCCCC(C(=O)OCC)=C(C)C. The predicted molar refractivity (Wildman–Crippen MR) is 119 cm³/mol. The summed E-state index contributed by atoms with van der Waals surface area (Å²) in [5, 5.41) is 0. The maximum atomic E-state index is 11.9. The monoisotopic (exact) mass is 380 g/mol. The second-order valence-corrected chi connectivity index (χ2v) is 8.25. The average Bonchev–Trinajstić information content (AvgIpc) is 2.64. The topological polar surface area (TPSA) is 26.3 Å². The summed E-state index contributed by atoms with van der Waals surface area (Å²) < 4.78 is 5.15. The van der Waals surface area contributed by atoms with Crippen LogP contribution in [0.25, 0.3) is 0 Å². The molecule has 0 N–H and O–H groups in total. The Morgan fingerprint density at radius 2 is 0.963 bits per heavy atom. The van der Waals surface area contributed by atoms with Crippen LogP contribution in [0.3, 0.4) is 0 Å². The van der Waals surface area contributed by atoms with E-state index in [2.05, 4.69) is 6.92 Å². The van der Waals surface area contributed by atoms with Gasteiger partial charge in [0.25, 0.3) is 0 Å². The molecule has 0 rings (SSSR count). The predicted octanol–water partition coefficient (Wildman–Crippen LogP) is 8.54. The third kappa shape index (κ3) is 17.1. The third-order valence-corrected chi connectivity index (χ3v) is 5.41. The minimum atomic E-state index is -0.113. The number of esters is 1. The fourth-order valence-corrected chi connectivity index (χ4v) is 3.62. The molecule has 0 radical (unpaired) electrons. The molecule has 0 fully saturated rings. The van der Waals surface area contributed by atoms with Gasteiger partial charge in [-0.25, -0.2) is 4.79 Å². The summed E-state index contributed by atoms with van der Waals surface area (Å²) in [5.41, 5.74) is 2.00. The largest absolute Gasteiger partial charge is 0.463 e. The van der Waals surface area contributed by atoms with E-state index in [0.717, 1.165) is 24.0 Å². The molecule has 0 aliphatic rings. The maximum absolute atomic E-state index is 11.9. The first-order chi connectivity index (χ1) is 13.1. The van der Waals surface area contributed by atoms with Gasteiger partial charge in [-0.2, -0.15) is 0 Å². The number of carbonyl (C=O) groups is 1. The van der Waals surface area contributed by atoms with Crippen molar-refractivity contribution in [3.63, 3.8) is 0 Å². The number of hydrogen-bond donors (Lipinski definition) is 0. The van der Waals surface area contributed by atoms with Crippen LogP contribution in [0.5, 0.6) is 0 Å². The highest BCUT2D eigenvalue weighted by atomic mass is 16.5. The van der Waals surface area contributed by atoms with Gasteiger partial charge in [0.1, 0.15) is 0 Å². The molecule has 0 saturated carbocycles. The van der Waals surface area contributed by atoms with E-state index in [9.17, 15) is 4.79 Å². The maximum Gasteiger partial charge on any atom is 0.333 e. The zero-order valence-corrected chi connectivity index (χ0v) is 19.0. The zero-order valence-electron chi connectivity index (χ0n) is 19.0. The summed E-state index contributed by atoms with van der Waals surface area (Å²) in [4.78, 5) is 11.9. The molecule has 0 atom stereocenters. The van der Waals surface area contributed by atoms with Crippen molar-refractivity contribution < 1.29 is 9.53 Å². The van der Waals surface area contributed by atoms with Crippen LogP contribution >= 0.6 is 0 Å². The van der Waals surface area contributed by atoms with Crippen molar-refractivity contribution in [2.45, 2.75) is 137 Å². The summed E-state index contributed by atoms with van der Waals surface area (Å²) in [6.07, 6.45) is 22.9. The summed E-state index contributed by atoms with van der Waals surface area (Å²) in [6.45, 7) is 8.65. The molecule has 2 nitrogen and oxygen atoms in total. The molecular weight excluding hydrogens is 332 g/mol. The lowest BCUT2D eigenvalue weighted by molar-refractivity contribution is -0.138. The van der Waals surface area contributed by atoms with Gasteiger partial charge in [-0.1, -0.05) is 109 Å². The summed E-state index contributed by atoms with van der Waals surface area (Å²) in [6, 6.07) is 0. The first-order valence-corrected chi connectivity index (χ1v) is 12.0. The fourth-order valence-electron chi connectivity index (χ4n) is 3.62.